The lowest BCUT2D eigenvalue weighted by molar-refractivity contribution is 1.26. The SMILES string of the molecule is Cc1cc(N)c2cc(Br)cc(Cl)c2n1. The summed E-state index contributed by atoms with van der Waals surface area (Å²) in [5.41, 5.74) is 8.21. The van der Waals surface area contributed by atoms with Crippen molar-refractivity contribution >= 4 is 44.1 Å². The molecule has 72 valence electrons. The van der Waals surface area contributed by atoms with Crippen molar-refractivity contribution in [1.29, 1.82) is 0 Å². The third-order valence-electron chi connectivity index (χ3n) is 1.99. The molecule has 0 bridgehead atoms. The highest BCUT2D eigenvalue weighted by atomic mass is 79.9. The van der Waals surface area contributed by atoms with Crippen LogP contribution in [-0.4, -0.2) is 4.98 Å². The van der Waals surface area contributed by atoms with Gasteiger partial charge in [0.25, 0.3) is 0 Å². The maximum absolute atomic E-state index is 6.06. The Morgan fingerprint density at radius 2 is 2.07 bits per heavy atom. The largest absolute Gasteiger partial charge is 0.398 e. The Kier molecular flexibility index (Phi) is 2.37. The van der Waals surface area contributed by atoms with E-state index in [0.29, 0.717) is 10.7 Å². The molecule has 0 saturated heterocycles. The Hall–Kier alpha value is -0.800. The maximum atomic E-state index is 6.06. The van der Waals surface area contributed by atoms with E-state index >= 15 is 0 Å². The molecule has 0 aliphatic heterocycles. The number of aryl methyl sites for hydroxylation is 1. The van der Waals surface area contributed by atoms with Crippen LogP contribution in [0.5, 0.6) is 0 Å². The molecule has 2 aromatic rings. The zero-order chi connectivity index (χ0) is 10.3. The van der Waals surface area contributed by atoms with E-state index in [1.54, 1.807) is 0 Å². The molecule has 0 amide bonds. The van der Waals surface area contributed by atoms with Crippen molar-refractivity contribution in [3.63, 3.8) is 0 Å². The molecule has 0 radical (unpaired) electrons. The van der Waals surface area contributed by atoms with Gasteiger partial charge in [-0.1, -0.05) is 27.5 Å². The molecule has 1 aromatic heterocycles. The Morgan fingerprint density at radius 3 is 2.79 bits per heavy atom. The number of nitrogen functional groups attached to an aromatic ring is 1. The number of nitrogens with zero attached hydrogens (tertiary/aromatic N) is 1. The molecule has 0 aliphatic rings. The van der Waals surface area contributed by atoms with Gasteiger partial charge >= 0.3 is 0 Å². The predicted octanol–water partition coefficient (Wildman–Crippen LogP) is 3.54. The summed E-state index contributed by atoms with van der Waals surface area (Å²) in [5.74, 6) is 0. The number of anilines is 1. The van der Waals surface area contributed by atoms with Gasteiger partial charge in [-0.05, 0) is 25.1 Å². The summed E-state index contributed by atoms with van der Waals surface area (Å²) in [4.78, 5) is 4.34. The summed E-state index contributed by atoms with van der Waals surface area (Å²) in [6, 6.07) is 5.57. The first-order valence-corrected chi connectivity index (χ1v) is 5.27. The lowest BCUT2D eigenvalue weighted by atomic mass is 10.1. The van der Waals surface area contributed by atoms with Crippen LogP contribution in [0.25, 0.3) is 10.9 Å². The Labute approximate surface area is 95.2 Å². The van der Waals surface area contributed by atoms with Crippen molar-refractivity contribution < 1.29 is 0 Å². The van der Waals surface area contributed by atoms with Crippen LogP contribution in [0.15, 0.2) is 22.7 Å². The zero-order valence-corrected chi connectivity index (χ0v) is 9.85. The van der Waals surface area contributed by atoms with Crippen molar-refractivity contribution in [2.45, 2.75) is 6.92 Å². The summed E-state index contributed by atoms with van der Waals surface area (Å²) >= 11 is 9.43. The first-order chi connectivity index (χ1) is 6.58. The van der Waals surface area contributed by atoms with Gasteiger partial charge in [-0.15, -0.1) is 0 Å². The predicted molar refractivity (Wildman–Crippen MR) is 63.6 cm³/mol. The molecule has 2 rings (SSSR count). The van der Waals surface area contributed by atoms with Crippen LogP contribution < -0.4 is 5.73 Å². The lowest BCUT2D eigenvalue weighted by Crippen LogP contribution is -1.92. The smallest absolute Gasteiger partial charge is 0.0912 e. The second-order valence-electron chi connectivity index (χ2n) is 3.14. The van der Waals surface area contributed by atoms with E-state index < -0.39 is 0 Å². The molecule has 0 aliphatic carbocycles. The summed E-state index contributed by atoms with van der Waals surface area (Å²) < 4.78 is 0.910. The van der Waals surface area contributed by atoms with Gasteiger partial charge in [0.1, 0.15) is 0 Å². The summed E-state index contributed by atoms with van der Waals surface area (Å²) in [6.07, 6.45) is 0. The third kappa shape index (κ3) is 1.57. The molecule has 1 heterocycles. The molecular weight excluding hydrogens is 263 g/mol. The van der Waals surface area contributed by atoms with Crippen molar-refractivity contribution in [3.8, 4) is 0 Å². The summed E-state index contributed by atoms with van der Waals surface area (Å²) in [7, 11) is 0. The highest BCUT2D eigenvalue weighted by molar-refractivity contribution is 9.10. The fraction of sp³-hybridized carbons (Fsp3) is 0.100. The maximum Gasteiger partial charge on any atom is 0.0912 e. The average molecular weight is 272 g/mol. The second kappa shape index (κ2) is 3.41. The Bertz CT molecular complexity index is 464. The average Bonchev–Trinajstić information content (AvgIpc) is 2.07. The van der Waals surface area contributed by atoms with Gasteiger partial charge in [0, 0.05) is 21.2 Å². The molecule has 1 aromatic carbocycles. The molecule has 0 saturated carbocycles. The normalized spacial score (nSPS) is 10.8. The van der Waals surface area contributed by atoms with Crippen molar-refractivity contribution in [3.05, 3.63) is 33.4 Å². The monoisotopic (exact) mass is 270 g/mol. The number of pyridine rings is 1. The first-order valence-electron chi connectivity index (χ1n) is 4.10. The first kappa shape index (κ1) is 9.74. The molecule has 2 nitrogen and oxygen atoms in total. The number of aromatic nitrogens is 1. The van der Waals surface area contributed by atoms with Crippen LogP contribution >= 0.6 is 27.5 Å². The fourth-order valence-electron chi connectivity index (χ4n) is 1.41. The molecule has 0 atom stereocenters. The minimum atomic E-state index is 0.616. The number of hydrogen-bond acceptors (Lipinski definition) is 2. The van der Waals surface area contributed by atoms with Gasteiger partial charge in [0.15, 0.2) is 0 Å². The zero-order valence-electron chi connectivity index (χ0n) is 7.51. The minimum absolute atomic E-state index is 0.616. The van der Waals surface area contributed by atoms with Crippen LogP contribution in [0.2, 0.25) is 5.02 Å². The third-order valence-corrected chi connectivity index (χ3v) is 2.74. The summed E-state index contributed by atoms with van der Waals surface area (Å²) in [6.45, 7) is 1.90. The van der Waals surface area contributed by atoms with Crippen molar-refractivity contribution in [1.82, 2.24) is 4.98 Å². The molecule has 4 heteroatoms. The lowest BCUT2D eigenvalue weighted by Gasteiger charge is -2.05. The minimum Gasteiger partial charge on any atom is -0.398 e. The Balaban J connectivity index is 2.94. The van der Waals surface area contributed by atoms with E-state index in [4.69, 9.17) is 17.3 Å². The van der Waals surface area contributed by atoms with Gasteiger partial charge in [-0.2, -0.15) is 0 Å². The Morgan fingerprint density at radius 1 is 1.36 bits per heavy atom. The van der Waals surface area contributed by atoms with Gasteiger partial charge in [0.2, 0.25) is 0 Å². The number of hydrogen-bond donors (Lipinski definition) is 1. The van der Waals surface area contributed by atoms with Crippen LogP contribution in [0.1, 0.15) is 5.69 Å². The molecule has 0 spiro atoms. The van der Waals surface area contributed by atoms with Crippen LogP contribution in [0.4, 0.5) is 5.69 Å². The highest BCUT2D eigenvalue weighted by Crippen LogP contribution is 2.30. The molecular formula is C10H8BrClN2. The highest BCUT2D eigenvalue weighted by Gasteiger charge is 2.06. The van der Waals surface area contributed by atoms with E-state index in [9.17, 15) is 0 Å². The molecule has 0 fully saturated rings. The van der Waals surface area contributed by atoms with E-state index in [1.807, 2.05) is 25.1 Å². The standard InChI is InChI=1S/C10H8BrClN2/c1-5-2-9(13)7-3-6(11)4-8(12)10(7)14-5/h2-4H,1H3,(H2,13,14). The number of halogens is 2. The quantitative estimate of drug-likeness (QED) is 0.796. The molecule has 14 heavy (non-hydrogen) atoms. The van der Waals surface area contributed by atoms with Crippen molar-refractivity contribution in [2.75, 3.05) is 5.73 Å². The van der Waals surface area contributed by atoms with Gasteiger partial charge < -0.3 is 5.73 Å². The number of rotatable bonds is 0. The van der Waals surface area contributed by atoms with E-state index in [-0.39, 0.29) is 0 Å². The second-order valence-corrected chi connectivity index (χ2v) is 4.46. The van der Waals surface area contributed by atoms with Crippen LogP contribution in [0.3, 0.4) is 0 Å². The number of benzene rings is 1. The fourth-order valence-corrected chi connectivity index (χ4v) is 2.26. The van der Waals surface area contributed by atoms with Crippen molar-refractivity contribution in [2.24, 2.45) is 0 Å². The van der Waals surface area contributed by atoms with E-state index in [2.05, 4.69) is 20.9 Å². The topological polar surface area (TPSA) is 38.9 Å². The number of nitrogens with two attached hydrogens (primary N) is 1. The number of fused-ring (bicyclic) bond motifs is 1. The van der Waals surface area contributed by atoms with Gasteiger partial charge in [-0.3, -0.25) is 4.98 Å². The van der Waals surface area contributed by atoms with Crippen LogP contribution in [-0.2, 0) is 0 Å². The molecule has 0 unspecified atom stereocenters. The van der Waals surface area contributed by atoms with Crippen LogP contribution in [0, 0.1) is 6.92 Å². The summed E-state index contributed by atoms with van der Waals surface area (Å²) in [5, 5.41) is 1.50. The van der Waals surface area contributed by atoms with Gasteiger partial charge in [0.05, 0.1) is 10.5 Å². The molecule has 2 N–H and O–H groups in total. The van der Waals surface area contributed by atoms with E-state index in [1.165, 1.54) is 0 Å². The van der Waals surface area contributed by atoms with Gasteiger partial charge in [-0.25, -0.2) is 0 Å². The van der Waals surface area contributed by atoms with E-state index in [0.717, 1.165) is 21.1 Å².